The predicted molar refractivity (Wildman–Crippen MR) is 144 cm³/mol. The summed E-state index contributed by atoms with van der Waals surface area (Å²) in [6.45, 7) is 21.8. The molecule has 2 bridgehead atoms. The normalized spacial score (nSPS) is 25.7. The number of amides is 1. The summed E-state index contributed by atoms with van der Waals surface area (Å²) in [7, 11) is 0. The van der Waals surface area contributed by atoms with E-state index in [2.05, 4.69) is 90.6 Å². The third-order valence-corrected chi connectivity index (χ3v) is 7.57. The van der Waals surface area contributed by atoms with Gasteiger partial charge < -0.3 is 10.2 Å². The number of pyridine rings is 1. The number of nitrogens with one attached hydrogen (secondary N) is 2. The number of halogens is 1. The minimum absolute atomic E-state index is 0.103. The summed E-state index contributed by atoms with van der Waals surface area (Å²) in [5.74, 6) is 1.63. The molecule has 2 N–H and O–H groups in total. The highest BCUT2D eigenvalue weighted by Crippen LogP contribution is 2.41. The van der Waals surface area contributed by atoms with Gasteiger partial charge in [-0.05, 0) is 74.0 Å². The minimum atomic E-state index is -0.209. The second-order valence-corrected chi connectivity index (χ2v) is 12.4. The van der Waals surface area contributed by atoms with Gasteiger partial charge in [0.2, 0.25) is 0 Å². The van der Waals surface area contributed by atoms with Crippen LogP contribution >= 0.6 is 27.9 Å². The Kier molecular flexibility index (Phi) is 7.68. The Morgan fingerprint density at radius 3 is 2.67 bits per heavy atom. The van der Waals surface area contributed by atoms with Crippen LogP contribution in [0.15, 0.2) is 40.6 Å². The highest BCUT2D eigenvalue weighted by Gasteiger charge is 2.41. The molecule has 1 aromatic heterocycles. The summed E-state index contributed by atoms with van der Waals surface area (Å²) >= 11 is 4.81. The van der Waals surface area contributed by atoms with Crippen molar-refractivity contribution in [2.24, 2.45) is 10.9 Å². The van der Waals surface area contributed by atoms with Crippen molar-refractivity contribution in [2.75, 3.05) is 11.4 Å². The van der Waals surface area contributed by atoms with E-state index < -0.39 is 0 Å². The molecule has 1 aromatic rings. The van der Waals surface area contributed by atoms with Gasteiger partial charge >= 0.3 is 0 Å². The van der Waals surface area contributed by atoms with Gasteiger partial charge in [0.1, 0.15) is 16.7 Å². The lowest BCUT2D eigenvalue weighted by Crippen LogP contribution is -2.40. The third kappa shape index (κ3) is 6.01. The van der Waals surface area contributed by atoms with Crippen molar-refractivity contribution in [2.45, 2.75) is 77.8 Å². The summed E-state index contributed by atoms with van der Waals surface area (Å²) in [6.07, 6.45) is 4.77. The molecular formula is C25H36BrN5OS. The molecule has 33 heavy (non-hydrogen) atoms. The highest BCUT2D eigenvalue weighted by atomic mass is 79.9. The summed E-state index contributed by atoms with van der Waals surface area (Å²) in [6, 6.07) is 2.16. The van der Waals surface area contributed by atoms with Crippen LogP contribution in [0.4, 0.5) is 5.82 Å². The van der Waals surface area contributed by atoms with Gasteiger partial charge in [-0.3, -0.25) is 9.52 Å². The maximum absolute atomic E-state index is 13.4. The first-order valence-electron chi connectivity index (χ1n) is 11.4. The zero-order valence-corrected chi connectivity index (χ0v) is 23.0. The second-order valence-electron chi connectivity index (χ2n) is 10.7. The largest absolute Gasteiger partial charge is 0.368 e. The molecular weight excluding hydrogens is 498 g/mol. The van der Waals surface area contributed by atoms with Crippen molar-refractivity contribution >= 4 is 44.6 Å². The zero-order chi connectivity index (χ0) is 24.6. The molecule has 180 valence electrons. The molecule has 1 fully saturated rings. The molecule has 0 saturated carbocycles. The van der Waals surface area contributed by atoms with Crippen molar-refractivity contribution in [3.8, 4) is 0 Å². The Hall–Kier alpha value is -1.80. The van der Waals surface area contributed by atoms with Gasteiger partial charge in [-0.2, -0.15) is 0 Å². The standard InChI is InChI=1S/C25H36BrN5OS/c1-9-20-28-16(3)27-15(2)10-11-17-13-25(7,8)31(14-17)22-18(23(32)30-33-20)12-19(26)21(29-22)24(4,5)6/h9,12,15,17,27H,1,3,10-11,13-14H2,2,4-8H3,(H,30,32)/b28-20+. The number of nitrogens with zero attached hydrogens (tertiary/aromatic N) is 3. The molecule has 1 saturated heterocycles. The first-order valence-corrected chi connectivity index (χ1v) is 13.0. The van der Waals surface area contributed by atoms with E-state index in [1.54, 1.807) is 6.08 Å². The number of aliphatic imine (C=N–C) groups is 1. The number of carbonyl (C=O) groups is 1. The maximum atomic E-state index is 13.4. The molecule has 0 radical (unpaired) electrons. The van der Waals surface area contributed by atoms with Crippen LogP contribution in [0.5, 0.6) is 0 Å². The number of carbonyl (C=O) groups excluding carboxylic acids is 1. The van der Waals surface area contributed by atoms with Crippen molar-refractivity contribution in [3.05, 3.63) is 46.9 Å². The second kappa shape index (κ2) is 9.82. The first kappa shape index (κ1) is 25.8. The number of rotatable bonds is 1. The van der Waals surface area contributed by atoms with E-state index in [0.29, 0.717) is 22.3 Å². The van der Waals surface area contributed by atoms with Gasteiger partial charge in [0, 0.05) is 40.0 Å². The number of anilines is 1. The van der Waals surface area contributed by atoms with Crippen LogP contribution < -0.4 is 14.9 Å². The van der Waals surface area contributed by atoms with Crippen LogP contribution in [0.1, 0.15) is 76.9 Å². The fourth-order valence-electron chi connectivity index (χ4n) is 4.60. The molecule has 2 aliphatic rings. The summed E-state index contributed by atoms with van der Waals surface area (Å²) in [5, 5.41) is 3.94. The molecule has 1 amide bonds. The smallest absolute Gasteiger partial charge is 0.265 e. The van der Waals surface area contributed by atoms with Crippen LogP contribution in [0.3, 0.4) is 0 Å². The van der Waals surface area contributed by atoms with Crippen LogP contribution in [0.2, 0.25) is 0 Å². The molecule has 0 aromatic carbocycles. The molecule has 3 heterocycles. The van der Waals surface area contributed by atoms with Gasteiger partial charge in [0.25, 0.3) is 5.91 Å². The lowest BCUT2D eigenvalue weighted by molar-refractivity contribution is 0.0984. The Morgan fingerprint density at radius 2 is 2.03 bits per heavy atom. The van der Waals surface area contributed by atoms with E-state index >= 15 is 0 Å². The minimum Gasteiger partial charge on any atom is -0.368 e. The van der Waals surface area contributed by atoms with E-state index in [4.69, 9.17) is 4.98 Å². The van der Waals surface area contributed by atoms with Gasteiger partial charge in [-0.1, -0.05) is 33.9 Å². The van der Waals surface area contributed by atoms with Crippen molar-refractivity contribution in [3.63, 3.8) is 0 Å². The number of aromatic nitrogens is 1. The predicted octanol–water partition coefficient (Wildman–Crippen LogP) is 5.95. The lowest BCUT2D eigenvalue weighted by atomic mass is 9.91. The average Bonchev–Trinajstić information content (AvgIpc) is 3.01. The Labute approximate surface area is 211 Å². The van der Waals surface area contributed by atoms with Gasteiger partial charge in [-0.15, -0.1) is 0 Å². The molecule has 3 rings (SSSR count). The summed E-state index contributed by atoms with van der Waals surface area (Å²) in [5.41, 5.74) is 1.23. The fourth-order valence-corrected chi connectivity index (χ4v) is 6.06. The monoisotopic (exact) mass is 533 g/mol. The topological polar surface area (TPSA) is 69.6 Å². The Morgan fingerprint density at radius 1 is 1.33 bits per heavy atom. The summed E-state index contributed by atoms with van der Waals surface area (Å²) < 4.78 is 3.77. The van der Waals surface area contributed by atoms with Crippen LogP contribution in [-0.4, -0.2) is 34.1 Å². The molecule has 6 nitrogen and oxygen atoms in total. The number of hydrogen-bond acceptors (Lipinski definition) is 6. The van der Waals surface area contributed by atoms with Crippen LogP contribution in [-0.2, 0) is 5.41 Å². The quantitative estimate of drug-likeness (QED) is 0.436. The van der Waals surface area contributed by atoms with Gasteiger partial charge in [0.15, 0.2) is 0 Å². The van der Waals surface area contributed by atoms with Crippen molar-refractivity contribution in [1.29, 1.82) is 0 Å². The first-order chi connectivity index (χ1) is 15.3. The number of fused-ring (bicyclic) bond motifs is 4. The summed E-state index contributed by atoms with van der Waals surface area (Å²) in [4.78, 5) is 25.3. The third-order valence-electron chi connectivity index (χ3n) is 6.22. The number of hydrogen-bond donors (Lipinski definition) is 2. The van der Waals surface area contributed by atoms with Crippen LogP contribution in [0, 0.1) is 5.92 Å². The van der Waals surface area contributed by atoms with Gasteiger partial charge in [0.05, 0.1) is 11.3 Å². The lowest BCUT2D eigenvalue weighted by Gasteiger charge is -2.35. The van der Waals surface area contributed by atoms with E-state index in [1.807, 2.05) is 6.07 Å². The molecule has 8 heteroatoms. The SMILES string of the molecule is C=C/C1=N\C(=C)NC(C)CCC2CN(c3nc(C(C)(C)C)c(Br)cc3C(=O)NS1)C(C)(C)C2. The molecule has 2 unspecified atom stereocenters. The molecule has 2 aliphatic heterocycles. The maximum Gasteiger partial charge on any atom is 0.265 e. The Balaban J connectivity index is 2.11. The van der Waals surface area contributed by atoms with Gasteiger partial charge in [-0.25, -0.2) is 9.98 Å². The average molecular weight is 535 g/mol. The van der Waals surface area contributed by atoms with E-state index in [1.165, 1.54) is 0 Å². The molecule has 0 spiro atoms. The highest BCUT2D eigenvalue weighted by molar-refractivity contribution is 9.10. The fraction of sp³-hybridized carbons (Fsp3) is 0.560. The molecule has 0 aliphatic carbocycles. The Bertz CT molecular complexity index is 982. The van der Waals surface area contributed by atoms with E-state index in [-0.39, 0.29) is 22.9 Å². The van der Waals surface area contributed by atoms with E-state index in [9.17, 15) is 4.79 Å². The van der Waals surface area contributed by atoms with Crippen molar-refractivity contribution in [1.82, 2.24) is 15.0 Å². The van der Waals surface area contributed by atoms with E-state index in [0.717, 1.165) is 53.7 Å². The van der Waals surface area contributed by atoms with Crippen molar-refractivity contribution < 1.29 is 4.79 Å². The molecule has 2 atom stereocenters. The van der Waals surface area contributed by atoms with Crippen LogP contribution in [0.25, 0.3) is 0 Å². The zero-order valence-electron chi connectivity index (χ0n) is 20.6.